The summed E-state index contributed by atoms with van der Waals surface area (Å²) in [4.78, 5) is 21.5. The van der Waals surface area contributed by atoms with Crippen LogP contribution in [-0.2, 0) is 6.42 Å². The molecule has 2 aromatic carbocycles. The summed E-state index contributed by atoms with van der Waals surface area (Å²) in [6.07, 6.45) is 2.61. The lowest BCUT2D eigenvalue weighted by Gasteiger charge is -2.25. The molecule has 4 aromatic rings. The molecule has 1 aliphatic heterocycles. The highest BCUT2D eigenvalue weighted by Gasteiger charge is 2.31. The van der Waals surface area contributed by atoms with Gasteiger partial charge in [-0.15, -0.1) is 0 Å². The van der Waals surface area contributed by atoms with E-state index < -0.39 is 6.04 Å². The molecular weight excluding hydrogens is 448 g/mol. The molecule has 0 unspecified atom stereocenters. The number of halogens is 1. The Hall–Kier alpha value is -2.94. The lowest BCUT2D eigenvalue weighted by molar-refractivity contribution is 0.413. The van der Waals surface area contributed by atoms with E-state index >= 15 is 0 Å². The van der Waals surface area contributed by atoms with Gasteiger partial charge in [-0.05, 0) is 60.7 Å². The van der Waals surface area contributed by atoms with Gasteiger partial charge < -0.3 is 20.1 Å². The summed E-state index contributed by atoms with van der Waals surface area (Å²) in [6, 6.07) is 12.3. The number of aromatic amines is 1. The fourth-order valence-electron chi connectivity index (χ4n) is 4.30. The van der Waals surface area contributed by atoms with Gasteiger partial charge in [0.05, 0.1) is 18.8 Å². The maximum Gasteiger partial charge on any atom is 0.267 e. The Labute approximate surface area is 193 Å². The number of thioether (sulfide) groups is 1. The van der Waals surface area contributed by atoms with Gasteiger partial charge in [0.25, 0.3) is 5.56 Å². The van der Waals surface area contributed by atoms with Gasteiger partial charge in [0.15, 0.2) is 5.16 Å². The molecule has 0 radical (unpaired) electrons. The second-order valence-electron chi connectivity index (χ2n) is 7.52. The zero-order valence-corrected chi connectivity index (χ0v) is 19.0. The summed E-state index contributed by atoms with van der Waals surface area (Å²) >= 11 is 7.51. The predicted octanol–water partition coefficient (Wildman–Crippen LogP) is 4.04. The number of rotatable bonds is 4. The van der Waals surface area contributed by atoms with Crippen LogP contribution in [0.4, 0.5) is 0 Å². The van der Waals surface area contributed by atoms with Crippen molar-refractivity contribution in [3.63, 3.8) is 0 Å². The third kappa shape index (κ3) is 3.35. The average molecular weight is 469 g/mol. The Morgan fingerprint density at radius 1 is 1.25 bits per heavy atom. The van der Waals surface area contributed by atoms with E-state index in [1.165, 1.54) is 16.3 Å². The normalized spacial score (nSPS) is 15.7. The van der Waals surface area contributed by atoms with Crippen molar-refractivity contribution in [2.24, 2.45) is 0 Å². The fourth-order valence-corrected chi connectivity index (χ4v) is 5.02. The number of fused-ring (bicyclic) bond motifs is 3. The van der Waals surface area contributed by atoms with Crippen molar-refractivity contribution < 1.29 is 9.84 Å². The van der Waals surface area contributed by atoms with Gasteiger partial charge in [-0.1, -0.05) is 23.4 Å². The van der Waals surface area contributed by atoms with E-state index in [-0.39, 0.29) is 17.0 Å². The highest BCUT2D eigenvalue weighted by molar-refractivity contribution is 7.98. The minimum atomic E-state index is -0.523. The fraction of sp³-hybridized carbons (Fsp3) is 0.217. The molecule has 5 rings (SSSR count). The lowest BCUT2D eigenvalue weighted by Crippen LogP contribution is -2.36. The van der Waals surface area contributed by atoms with Crippen molar-refractivity contribution in [2.45, 2.75) is 17.6 Å². The number of nitrogens with one attached hydrogen (secondary N) is 2. The Kier molecular flexibility index (Phi) is 5.36. The van der Waals surface area contributed by atoms with Crippen molar-refractivity contribution >= 4 is 34.3 Å². The Bertz CT molecular complexity index is 1380. The number of H-pyrrole nitrogens is 1. The molecule has 2 aromatic heterocycles. The maximum absolute atomic E-state index is 13.7. The van der Waals surface area contributed by atoms with Gasteiger partial charge in [0, 0.05) is 28.2 Å². The second kappa shape index (κ2) is 8.20. The van der Waals surface area contributed by atoms with Crippen LogP contribution in [0.15, 0.2) is 52.4 Å². The molecule has 9 heteroatoms. The molecule has 3 heterocycles. The first-order chi connectivity index (χ1) is 15.5. The van der Waals surface area contributed by atoms with Crippen molar-refractivity contribution in [3.8, 4) is 17.3 Å². The molecule has 3 N–H and O–H groups in total. The quantitative estimate of drug-likeness (QED) is 0.309. The molecule has 32 heavy (non-hydrogen) atoms. The number of aromatic nitrogens is 3. The molecule has 0 fully saturated rings. The van der Waals surface area contributed by atoms with E-state index in [1.54, 1.807) is 31.4 Å². The van der Waals surface area contributed by atoms with Crippen LogP contribution in [0.2, 0.25) is 5.02 Å². The van der Waals surface area contributed by atoms with Crippen molar-refractivity contribution in [1.82, 2.24) is 19.9 Å². The lowest BCUT2D eigenvalue weighted by atomic mass is 9.95. The van der Waals surface area contributed by atoms with Crippen molar-refractivity contribution in [3.05, 3.63) is 74.7 Å². The molecule has 1 atom stereocenters. The third-order valence-electron chi connectivity index (χ3n) is 5.78. The van der Waals surface area contributed by atoms with Crippen LogP contribution in [0.25, 0.3) is 16.6 Å². The minimum Gasteiger partial charge on any atom is -0.497 e. The van der Waals surface area contributed by atoms with Gasteiger partial charge in [0.2, 0.25) is 5.88 Å². The molecule has 0 bridgehead atoms. The van der Waals surface area contributed by atoms with E-state index in [1.807, 2.05) is 24.5 Å². The van der Waals surface area contributed by atoms with E-state index in [4.69, 9.17) is 16.3 Å². The van der Waals surface area contributed by atoms with Gasteiger partial charge in [-0.3, -0.25) is 9.36 Å². The van der Waals surface area contributed by atoms with Crippen LogP contribution in [0.3, 0.4) is 0 Å². The van der Waals surface area contributed by atoms with Gasteiger partial charge in [-0.2, -0.15) is 4.98 Å². The smallest absolute Gasteiger partial charge is 0.267 e. The molecule has 0 aliphatic carbocycles. The zero-order chi connectivity index (χ0) is 22.4. The molecule has 0 amide bonds. The Morgan fingerprint density at radius 2 is 2.03 bits per heavy atom. The van der Waals surface area contributed by atoms with Crippen LogP contribution in [0.5, 0.6) is 11.6 Å². The topological polar surface area (TPSA) is 92.2 Å². The molecule has 0 saturated heterocycles. The molecule has 7 nitrogen and oxygen atoms in total. The standard InChI is InChI=1S/C23H21ClN4O3S/c1-31-14-6-4-13(5-7-14)28-22(30)18(21(29)27-23(28)32-2)20-19-15(9-10-25-20)16-11-12(24)3-8-17(16)26-19/h3-8,11,20,25-26,29H,9-10H2,1-2H3/t20-/m0/s1. The molecule has 0 spiro atoms. The number of nitrogens with zero attached hydrogens (tertiary/aromatic N) is 2. The number of benzene rings is 2. The number of aromatic hydroxyl groups is 1. The predicted molar refractivity (Wildman–Crippen MR) is 127 cm³/mol. The summed E-state index contributed by atoms with van der Waals surface area (Å²) in [5.74, 6) is 0.418. The highest BCUT2D eigenvalue weighted by Crippen LogP contribution is 2.36. The number of hydrogen-bond acceptors (Lipinski definition) is 6. The molecule has 0 saturated carbocycles. The summed E-state index contributed by atoms with van der Waals surface area (Å²) < 4.78 is 6.76. The maximum atomic E-state index is 13.7. The highest BCUT2D eigenvalue weighted by atomic mass is 35.5. The molecular formula is C23H21ClN4O3S. The van der Waals surface area contributed by atoms with Crippen LogP contribution < -0.4 is 15.6 Å². The second-order valence-corrected chi connectivity index (χ2v) is 8.73. The summed E-state index contributed by atoms with van der Waals surface area (Å²) in [5.41, 5.74) is 3.41. The van der Waals surface area contributed by atoms with E-state index in [2.05, 4.69) is 15.3 Å². The number of methoxy groups -OCH3 is 1. The number of hydrogen-bond donors (Lipinski definition) is 3. The first kappa shape index (κ1) is 20.9. The molecule has 164 valence electrons. The Balaban J connectivity index is 1.71. The third-order valence-corrected chi connectivity index (χ3v) is 6.66. The summed E-state index contributed by atoms with van der Waals surface area (Å²) in [7, 11) is 1.59. The van der Waals surface area contributed by atoms with E-state index in [0.29, 0.717) is 28.2 Å². The van der Waals surface area contributed by atoms with Crippen LogP contribution >= 0.6 is 23.4 Å². The number of ether oxygens (including phenoxy) is 1. The largest absolute Gasteiger partial charge is 0.497 e. The van der Waals surface area contributed by atoms with Gasteiger partial charge in [0.1, 0.15) is 11.3 Å². The van der Waals surface area contributed by atoms with E-state index in [9.17, 15) is 9.90 Å². The van der Waals surface area contributed by atoms with Gasteiger partial charge >= 0.3 is 0 Å². The van der Waals surface area contributed by atoms with Crippen molar-refractivity contribution in [2.75, 3.05) is 19.9 Å². The first-order valence-electron chi connectivity index (χ1n) is 10.1. The minimum absolute atomic E-state index is 0.206. The Morgan fingerprint density at radius 3 is 2.75 bits per heavy atom. The monoisotopic (exact) mass is 468 g/mol. The SMILES string of the molecule is COc1ccc(-n2c(SC)nc(O)c([C@@H]3NCCc4c3[nH]c3ccc(Cl)cc43)c2=O)cc1. The first-order valence-corrected chi connectivity index (χ1v) is 11.7. The van der Waals surface area contributed by atoms with Crippen LogP contribution in [0, 0.1) is 0 Å². The van der Waals surface area contributed by atoms with Crippen LogP contribution in [-0.4, -0.2) is 39.6 Å². The molecule has 1 aliphatic rings. The van der Waals surface area contributed by atoms with Crippen LogP contribution in [0.1, 0.15) is 22.9 Å². The van der Waals surface area contributed by atoms with Crippen molar-refractivity contribution in [1.29, 1.82) is 0 Å². The summed E-state index contributed by atoms with van der Waals surface area (Å²) in [6.45, 7) is 0.656. The van der Waals surface area contributed by atoms with E-state index in [0.717, 1.165) is 28.6 Å². The van der Waals surface area contributed by atoms with Gasteiger partial charge in [-0.25, -0.2) is 0 Å². The zero-order valence-electron chi connectivity index (χ0n) is 17.5. The summed E-state index contributed by atoms with van der Waals surface area (Å²) in [5, 5.41) is 16.3. The average Bonchev–Trinajstić information content (AvgIpc) is 3.17.